The third-order valence-corrected chi connectivity index (χ3v) is 3.93. The highest BCUT2D eigenvalue weighted by Gasteiger charge is 2.26. The van der Waals surface area contributed by atoms with Gasteiger partial charge in [0.25, 0.3) is 0 Å². The van der Waals surface area contributed by atoms with Crippen molar-refractivity contribution in [3.63, 3.8) is 0 Å². The Bertz CT molecular complexity index is 685. The summed E-state index contributed by atoms with van der Waals surface area (Å²) in [5, 5.41) is 6.68. The van der Waals surface area contributed by atoms with Crippen molar-refractivity contribution in [3.8, 4) is 5.75 Å². The molecule has 128 valence electrons. The fourth-order valence-corrected chi connectivity index (χ4v) is 2.44. The third kappa shape index (κ3) is 4.58. The van der Waals surface area contributed by atoms with E-state index in [0.717, 1.165) is 36.0 Å². The fraction of sp³-hybridized carbons (Fsp3) is 0.444. The van der Waals surface area contributed by atoms with Crippen molar-refractivity contribution in [2.75, 3.05) is 44.9 Å². The van der Waals surface area contributed by atoms with E-state index in [1.54, 1.807) is 7.11 Å². The summed E-state index contributed by atoms with van der Waals surface area (Å²) in [4.78, 5) is 11.4. The molecule has 0 atom stereocenters. The predicted octanol–water partition coefficient (Wildman–Crippen LogP) is 3.08. The Kier molecular flexibility index (Phi) is 5.15. The first kappa shape index (κ1) is 16.5. The molecule has 6 heteroatoms. The molecule has 3 rings (SSSR count). The summed E-state index contributed by atoms with van der Waals surface area (Å²) in [6.07, 6.45) is 2.43. The zero-order chi connectivity index (χ0) is 16.9. The van der Waals surface area contributed by atoms with Crippen LogP contribution in [0.5, 0.6) is 5.75 Å². The molecule has 6 nitrogen and oxygen atoms in total. The van der Waals surface area contributed by atoms with Crippen molar-refractivity contribution in [1.29, 1.82) is 0 Å². The summed E-state index contributed by atoms with van der Waals surface area (Å²) in [5.41, 5.74) is 2.07. The van der Waals surface area contributed by atoms with Crippen LogP contribution in [0.2, 0.25) is 0 Å². The van der Waals surface area contributed by atoms with Crippen molar-refractivity contribution in [2.24, 2.45) is 0 Å². The molecule has 24 heavy (non-hydrogen) atoms. The monoisotopic (exact) mass is 327 g/mol. The van der Waals surface area contributed by atoms with Crippen LogP contribution < -0.4 is 15.4 Å². The first-order chi connectivity index (χ1) is 11.6. The van der Waals surface area contributed by atoms with E-state index in [-0.39, 0.29) is 0 Å². The predicted molar refractivity (Wildman–Crippen MR) is 97.3 cm³/mol. The molecule has 0 radical (unpaired) electrons. The van der Waals surface area contributed by atoms with Gasteiger partial charge in [-0.05, 0) is 39.1 Å². The number of methoxy groups -OCH3 is 1. The highest BCUT2D eigenvalue weighted by atomic mass is 16.5. The number of hydrogen-bond acceptors (Lipinski definition) is 6. The van der Waals surface area contributed by atoms with E-state index in [2.05, 4.69) is 39.6 Å². The number of likely N-dealkylation sites (N-methyl/N-ethyl adjacent to an activating group) is 1. The van der Waals surface area contributed by atoms with E-state index in [1.807, 2.05) is 30.3 Å². The van der Waals surface area contributed by atoms with Crippen molar-refractivity contribution in [3.05, 3.63) is 36.0 Å². The third-order valence-electron chi connectivity index (χ3n) is 3.93. The van der Waals surface area contributed by atoms with Gasteiger partial charge in [-0.2, -0.15) is 4.98 Å². The Morgan fingerprint density at radius 2 is 2.04 bits per heavy atom. The maximum atomic E-state index is 5.27. The second-order valence-electron chi connectivity index (χ2n) is 6.36. The van der Waals surface area contributed by atoms with Crippen molar-refractivity contribution >= 4 is 17.5 Å². The van der Waals surface area contributed by atoms with Gasteiger partial charge in [0.15, 0.2) is 0 Å². The van der Waals surface area contributed by atoms with Crippen LogP contribution in [-0.2, 0) is 0 Å². The van der Waals surface area contributed by atoms with E-state index in [4.69, 9.17) is 4.74 Å². The number of aromatic nitrogens is 2. The summed E-state index contributed by atoms with van der Waals surface area (Å²) in [6.45, 7) is 1.76. The number of nitrogens with zero attached hydrogens (tertiary/aromatic N) is 3. The van der Waals surface area contributed by atoms with Gasteiger partial charge in [0.2, 0.25) is 5.95 Å². The minimum absolute atomic E-state index is 0.577. The van der Waals surface area contributed by atoms with Gasteiger partial charge in [0, 0.05) is 36.8 Å². The lowest BCUT2D eigenvalue weighted by Gasteiger charge is -2.13. The molecule has 1 aromatic heterocycles. The fourth-order valence-electron chi connectivity index (χ4n) is 2.44. The molecular weight excluding hydrogens is 302 g/mol. The molecule has 0 spiro atoms. The van der Waals surface area contributed by atoms with Crippen LogP contribution in [0.1, 0.15) is 24.5 Å². The van der Waals surface area contributed by atoms with E-state index in [9.17, 15) is 0 Å². The molecule has 0 aliphatic heterocycles. The number of benzene rings is 1. The minimum atomic E-state index is 0.577. The standard InChI is InChI=1S/C18H25N5O/c1-23(2)10-9-19-18-21-16(13-7-8-13)12-17(22-18)20-14-5-4-6-15(11-14)24-3/h4-6,11-13H,7-10H2,1-3H3,(H2,19,20,21,22). The van der Waals surface area contributed by atoms with Gasteiger partial charge >= 0.3 is 0 Å². The SMILES string of the molecule is COc1cccc(Nc2cc(C3CC3)nc(NCCN(C)C)n2)c1. The number of rotatable bonds is 8. The van der Waals surface area contributed by atoms with Gasteiger partial charge in [-0.15, -0.1) is 0 Å². The van der Waals surface area contributed by atoms with Crippen LogP contribution in [0, 0.1) is 0 Å². The van der Waals surface area contributed by atoms with E-state index in [0.29, 0.717) is 11.9 Å². The lowest BCUT2D eigenvalue weighted by Crippen LogP contribution is -2.21. The lowest BCUT2D eigenvalue weighted by atomic mass is 10.2. The zero-order valence-corrected chi connectivity index (χ0v) is 14.5. The number of ether oxygens (including phenoxy) is 1. The smallest absolute Gasteiger partial charge is 0.224 e. The average molecular weight is 327 g/mol. The Hall–Kier alpha value is -2.34. The molecule has 1 fully saturated rings. The molecule has 2 N–H and O–H groups in total. The molecule has 0 unspecified atom stereocenters. The van der Waals surface area contributed by atoms with Crippen molar-refractivity contribution in [2.45, 2.75) is 18.8 Å². The summed E-state index contributed by atoms with van der Waals surface area (Å²) >= 11 is 0. The Labute approximate surface area is 143 Å². The van der Waals surface area contributed by atoms with Gasteiger partial charge in [0.1, 0.15) is 11.6 Å². The number of nitrogens with one attached hydrogen (secondary N) is 2. The van der Waals surface area contributed by atoms with E-state index < -0.39 is 0 Å². The van der Waals surface area contributed by atoms with Gasteiger partial charge < -0.3 is 20.3 Å². The molecule has 1 aliphatic rings. The van der Waals surface area contributed by atoms with Crippen LogP contribution in [0.25, 0.3) is 0 Å². The van der Waals surface area contributed by atoms with Gasteiger partial charge in [-0.1, -0.05) is 6.07 Å². The molecule has 0 amide bonds. The summed E-state index contributed by atoms with van der Waals surface area (Å²) < 4.78 is 5.27. The summed E-state index contributed by atoms with van der Waals surface area (Å²) in [7, 11) is 5.78. The molecule has 1 aromatic carbocycles. The first-order valence-corrected chi connectivity index (χ1v) is 8.32. The molecular formula is C18H25N5O. The van der Waals surface area contributed by atoms with E-state index in [1.165, 1.54) is 12.8 Å². The Morgan fingerprint density at radius 1 is 1.21 bits per heavy atom. The number of anilines is 3. The van der Waals surface area contributed by atoms with Crippen LogP contribution in [0.3, 0.4) is 0 Å². The van der Waals surface area contributed by atoms with Crippen molar-refractivity contribution in [1.82, 2.24) is 14.9 Å². The second kappa shape index (κ2) is 7.49. The highest BCUT2D eigenvalue weighted by molar-refractivity contribution is 5.59. The Balaban J connectivity index is 1.76. The van der Waals surface area contributed by atoms with Crippen LogP contribution in [-0.4, -0.2) is 49.2 Å². The van der Waals surface area contributed by atoms with Crippen LogP contribution in [0.4, 0.5) is 17.5 Å². The minimum Gasteiger partial charge on any atom is -0.497 e. The van der Waals surface area contributed by atoms with Crippen LogP contribution in [0.15, 0.2) is 30.3 Å². The first-order valence-electron chi connectivity index (χ1n) is 8.32. The van der Waals surface area contributed by atoms with Crippen LogP contribution >= 0.6 is 0 Å². The van der Waals surface area contributed by atoms with Gasteiger partial charge in [0.05, 0.1) is 12.8 Å². The molecule has 1 aliphatic carbocycles. The topological polar surface area (TPSA) is 62.3 Å². The Morgan fingerprint density at radius 3 is 2.75 bits per heavy atom. The average Bonchev–Trinajstić information content (AvgIpc) is 3.39. The number of hydrogen-bond donors (Lipinski definition) is 2. The second-order valence-corrected chi connectivity index (χ2v) is 6.36. The maximum Gasteiger partial charge on any atom is 0.224 e. The molecule has 0 bridgehead atoms. The largest absolute Gasteiger partial charge is 0.497 e. The summed E-state index contributed by atoms with van der Waals surface area (Å²) in [5.74, 6) is 2.90. The zero-order valence-electron chi connectivity index (χ0n) is 14.5. The maximum absolute atomic E-state index is 5.27. The molecule has 2 aromatic rings. The quantitative estimate of drug-likeness (QED) is 0.777. The lowest BCUT2D eigenvalue weighted by molar-refractivity contribution is 0.415. The highest BCUT2D eigenvalue weighted by Crippen LogP contribution is 2.40. The summed E-state index contributed by atoms with van der Waals surface area (Å²) in [6, 6.07) is 9.89. The van der Waals surface area contributed by atoms with Gasteiger partial charge in [-0.3, -0.25) is 0 Å². The normalized spacial score (nSPS) is 13.8. The van der Waals surface area contributed by atoms with E-state index >= 15 is 0 Å². The molecule has 0 saturated heterocycles. The van der Waals surface area contributed by atoms with Crippen molar-refractivity contribution < 1.29 is 4.74 Å². The molecule has 1 heterocycles. The van der Waals surface area contributed by atoms with Gasteiger partial charge in [-0.25, -0.2) is 4.98 Å². The molecule has 1 saturated carbocycles.